The summed E-state index contributed by atoms with van der Waals surface area (Å²) in [6.07, 6.45) is 3.14. The first kappa shape index (κ1) is 25.1. The SMILES string of the molecule is C=CCN1C(=O)/C(=C/c2cc(C)n(-c3ccc(Sc4ccc([N+](=O)[O-])cc4)cc3)c2C)C(=O)NC1=S. The largest absolute Gasteiger partial charge is 0.318 e. The van der Waals surface area contributed by atoms with Crippen molar-refractivity contribution in [3.63, 3.8) is 0 Å². The summed E-state index contributed by atoms with van der Waals surface area (Å²) in [5, 5.41) is 13.5. The van der Waals surface area contributed by atoms with Crippen molar-refractivity contribution in [2.45, 2.75) is 23.6 Å². The molecule has 1 aliphatic heterocycles. The third-order valence-electron chi connectivity index (χ3n) is 5.65. The summed E-state index contributed by atoms with van der Waals surface area (Å²) < 4.78 is 2.05. The molecule has 0 saturated carbocycles. The van der Waals surface area contributed by atoms with Crippen LogP contribution in [-0.4, -0.2) is 37.9 Å². The number of nitro benzene ring substituents is 1. The Balaban J connectivity index is 1.59. The number of hydrogen-bond acceptors (Lipinski definition) is 6. The number of carbonyl (C=O) groups is 2. The third-order valence-corrected chi connectivity index (χ3v) is 6.98. The van der Waals surface area contributed by atoms with Crippen molar-refractivity contribution in [1.82, 2.24) is 14.8 Å². The quantitative estimate of drug-likeness (QED) is 0.119. The van der Waals surface area contributed by atoms with Gasteiger partial charge in [0.1, 0.15) is 5.57 Å². The summed E-state index contributed by atoms with van der Waals surface area (Å²) in [4.78, 5) is 39.0. The van der Waals surface area contributed by atoms with Crippen LogP contribution in [0, 0.1) is 24.0 Å². The van der Waals surface area contributed by atoms with E-state index in [1.165, 1.54) is 28.8 Å². The Bertz CT molecular complexity index is 1420. The Labute approximate surface area is 217 Å². The summed E-state index contributed by atoms with van der Waals surface area (Å²) in [7, 11) is 0. The maximum Gasteiger partial charge on any atom is 0.269 e. The van der Waals surface area contributed by atoms with Gasteiger partial charge in [-0.25, -0.2) is 0 Å². The van der Waals surface area contributed by atoms with Gasteiger partial charge in [-0.05, 0) is 80.2 Å². The average Bonchev–Trinajstić information content (AvgIpc) is 3.13. The van der Waals surface area contributed by atoms with E-state index in [0.717, 1.165) is 32.4 Å². The van der Waals surface area contributed by atoms with Gasteiger partial charge >= 0.3 is 0 Å². The van der Waals surface area contributed by atoms with Gasteiger partial charge in [-0.1, -0.05) is 17.8 Å². The second-order valence-corrected chi connectivity index (χ2v) is 9.56. The van der Waals surface area contributed by atoms with Crippen LogP contribution in [0.15, 0.2) is 82.6 Å². The second-order valence-electron chi connectivity index (χ2n) is 8.03. The molecule has 1 aliphatic rings. The van der Waals surface area contributed by atoms with Crippen LogP contribution >= 0.6 is 24.0 Å². The summed E-state index contributed by atoms with van der Waals surface area (Å²) in [6.45, 7) is 7.73. The molecular weight excluding hydrogens is 496 g/mol. The Morgan fingerprint density at radius 1 is 1.08 bits per heavy atom. The highest BCUT2D eigenvalue weighted by molar-refractivity contribution is 7.99. The minimum atomic E-state index is -0.525. The van der Waals surface area contributed by atoms with Crippen molar-refractivity contribution in [1.29, 1.82) is 0 Å². The Hall–Kier alpha value is -4.02. The van der Waals surface area contributed by atoms with E-state index in [1.54, 1.807) is 24.3 Å². The van der Waals surface area contributed by atoms with E-state index in [4.69, 9.17) is 12.2 Å². The molecule has 10 heteroatoms. The monoisotopic (exact) mass is 518 g/mol. The first-order valence-corrected chi connectivity index (χ1v) is 12.1. The van der Waals surface area contributed by atoms with E-state index in [9.17, 15) is 19.7 Å². The normalized spacial score (nSPS) is 14.8. The van der Waals surface area contributed by atoms with Gasteiger partial charge in [0.15, 0.2) is 5.11 Å². The molecule has 4 rings (SSSR count). The molecule has 0 atom stereocenters. The summed E-state index contributed by atoms with van der Waals surface area (Å²) in [5.41, 5.74) is 3.57. The van der Waals surface area contributed by atoms with Crippen LogP contribution in [0.3, 0.4) is 0 Å². The number of carbonyl (C=O) groups excluding carboxylic acids is 2. The molecule has 1 N–H and O–H groups in total. The van der Waals surface area contributed by atoms with E-state index in [-0.39, 0.29) is 22.9 Å². The molecule has 8 nitrogen and oxygen atoms in total. The number of non-ortho nitro benzene ring substituents is 1. The van der Waals surface area contributed by atoms with Crippen LogP contribution in [0.4, 0.5) is 5.69 Å². The smallest absolute Gasteiger partial charge is 0.269 e. The topological polar surface area (TPSA) is 97.5 Å². The number of thiocarbonyl (C=S) groups is 1. The lowest BCUT2D eigenvalue weighted by Crippen LogP contribution is -2.53. The zero-order valence-corrected chi connectivity index (χ0v) is 21.2. The molecule has 0 radical (unpaired) electrons. The maximum absolute atomic E-state index is 12.9. The van der Waals surface area contributed by atoms with Gasteiger partial charge in [-0.15, -0.1) is 6.58 Å². The van der Waals surface area contributed by atoms with Crippen LogP contribution < -0.4 is 5.32 Å². The highest BCUT2D eigenvalue weighted by atomic mass is 32.2. The molecular formula is C26H22N4O4S2. The molecule has 2 amide bonds. The number of aryl methyl sites for hydroxylation is 1. The fourth-order valence-electron chi connectivity index (χ4n) is 3.91. The molecule has 36 heavy (non-hydrogen) atoms. The first-order chi connectivity index (χ1) is 17.2. The predicted octanol–water partition coefficient (Wildman–Crippen LogP) is 4.97. The van der Waals surface area contributed by atoms with Crippen molar-refractivity contribution in [3.8, 4) is 5.69 Å². The van der Waals surface area contributed by atoms with Crippen LogP contribution in [0.2, 0.25) is 0 Å². The summed E-state index contributed by atoms with van der Waals surface area (Å²) >= 11 is 6.62. The molecule has 1 aromatic heterocycles. The van der Waals surface area contributed by atoms with Crippen LogP contribution in [0.1, 0.15) is 17.0 Å². The number of benzene rings is 2. The van der Waals surface area contributed by atoms with Gasteiger partial charge in [0, 0.05) is 45.5 Å². The van der Waals surface area contributed by atoms with Crippen molar-refractivity contribution in [3.05, 3.63) is 99.9 Å². The predicted molar refractivity (Wildman–Crippen MR) is 143 cm³/mol. The lowest BCUT2D eigenvalue weighted by molar-refractivity contribution is -0.384. The lowest BCUT2D eigenvalue weighted by Gasteiger charge is -2.27. The molecule has 0 spiro atoms. The molecule has 2 heterocycles. The van der Waals surface area contributed by atoms with E-state index < -0.39 is 16.7 Å². The van der Waals surface area contributed by atoms with Gasteiger partial charge in [0.05, 0.1) is 4.92 Å². The van der Waals surface area contributed by atoms with Crippen LogP contribution in [-0.2, 0) is 9.59 Å². The molecule has 0 bridgehead atoms. The Morgan fingerprint density at radius 3 is 2.28 bits per heavy atom. The Kier molecular flexibility index (Phi) is 7.18. The lowest BCUT2D eigenvalue weighted by atomic mass is 10.1. The molecule has 0 aliphatic carbocycles. The molecule has 1 fully saturated rings. The van der Waals surface area contributed by atoms with Gasteiger partial charge in [-0.2, -0.15) is 0 Å². The van der Waals surface area contributed by atoms with Crippen molar-refractivity contribution in [2.24, 2.45) is 0 Å². The van der Waals surface area contributed by atoms with Gasteiger partial charge in [-0.3, -0.25) is 29.9 Å². The highest BCUT2D eigenvalue weighted by Crippen LogP contribution is 2.31. The fourth-order valence-corrected chi connectivity index (χ4v) is 4.98. The van der Waals surface area contributed by atoms with Crippen molar-refractivity contribution < 1.29 is 14.5 Å². The van der Waals surface area contributed by atoms with E-state index in [1.807, 2.05) is 48.7 Å². The Morgan fingerprint density at radius 2 is 1.69 bits per heavy atom. The average molecular weight is 519 g/mol. The summed E-state index contributed by atoms with van der Waals surface area (Å²) in [6, 6.07) is 16.3. The van der Waals surface area contributed by atoms with Crippen molar-refractivity contribution >= 4 is 52.7 Å². The first-order valence-electron chi connectivity index (χ1n) is 10.9. The zero-order chi connectivity index (χ0) is 26.0. The van der Waals surface area contributed by atoms with Gasteiger partial charge in [0.2, 0.25) is 0 Å². The minimum Gasteiger partial charge on any atom is -0.318 e. The van der Waals surface area contributed by atoms with Crippen LogP contribution in [0.5, 0.6) is 0 Å². The number of rotatable bonds is 7. The molecule has 1 saturated heterocycles. The number of hydrogen-bond donors (Lipinski definition) is 1. The fraction of sp³-hybridized carbons (Fsp3) is 0.115. The van der Waals surface area contributed by atoms with E-state index in [2.05, 4.69) is 11.9 Å². The standard InChI is InChI=1S/C26H22N4O4S2/c1-4-13-28-25(32)23(24(31)27-26(28)35)15-18-14-16(2)29(17(18)3)19-5-9-21(10-6-19)36-22-11-7-20(8-12-22)30(33)34/h4-12,14-15H,1,13H2,2-3H3,(H,27,31,35)/b23-15+. The summed E-state index contributed by atoms with van der Waals surface area (Å²) in [5.74, 6) is -0.983. The zero-order valence-electron chi connectivity index (χ0n) is 19.6. The van der Waals surface area contributed by atoms with Crippen molar-refractivity contribution in [2.75, 3.05) is 6.54 Å². The van der Waals surface area contributed by atoms with Gasteiger partial charge in [0.25, 0.3) is 17.5 Å². The number of amides is 2. The molecule has 3 aromatic rings. The van der Waals surface area contributed by atoms with E-state index in [0.29, 0.717) is 0 Å². The second kappa shape index (κ2) is 10.3. The molecule has 0 unspecified atom stereocenters. The van der Waals surface area contributed by atoms with Crippen LogP contribution in [0.25, 0.3) is 11.8 Å². The number of nitrogens with zero attached hydrogens (tertiary/aromatic N) is 3. The maximum atomic E-state index is 12.9. The molecule has 182 valence electrons. The minimum absolute atomic E-state index is 0.0144. The molecule has 2 aromatic carbocycles. The third kappa shape index (κ3) is 5.00. The van der Waals surface area contributed by atoms with E-state index >= 15 is 0 Å². The number of nitrogens with one attached hydrogen (secondary N) is 1. The van der Waals surface area contributed by atoms with Gasteiger partial charge < -0.3 is 4.57 Å². The highest BCUT2D eigenvalue weighted by Gasteiger charge is 2.32. The number of nitro groups is 1. The number of aromatic nitrogens is 1.